The van der Waals surface area contributed by atoms with Crippen LogP contribution in [0.1, 0.15) is 9.67 Å². The molecule has 4 aromatic rings. The number of halogens is 1. The van der Waals surface area contributed by atoms with Crippen molar-refractivity contribution in [2.24, 2.45) is 0 Å². The topological polar surface area (TPSA) is 38.3 Å². The fourth-order valence-electron chi connectivity index (χ4n) is 2.91. The summed E-state index contributed by atoms with van der Waals surface area (Å²) in [6.45, 7) is 0.820. The Labute approximate surface area is 160 Å². The van der Waals surface area contributed by atoms with Gasteiger partial charge in [0.25, 0.3) is 5.91 Å². The van der Waals surface area contributed by atoms with E-state index in [4.69, 9.17) is 16.3 Å². The third kappa shape index (κ3) is 3.26. The average Bonchev–Trinajstić information content (AvgIpc) is 3.03. The van der Waals surface area contributed by atoms with Gasteiger partial charge in [0.1, 0.15) is 17.2 Å². The third-order valence-corrected chi connectivity index (χ3v) is 5.77. The fraction of sp³-hybridized carbons (Fsp3) is 0.0952. The van der Waals surface area contributed by atoms with Gasteiger partial charge in [-0.1, -0.05) is 60.1 Å². The summed E-state index contributed by atoms with van der Waals surface area (Å²) in [4.78, 5) is 13.1. The Morgan fingerprint density at radius 1 is 1.00 bits per heavy atom. The van der Waals surface area contributed by atoms with Gasteiger partial charge in [-0.3, -0.25) is 4.79 Å². The number of nitrogens with one attached hydrogen (secondary N) is 1. The van der Waals surface area contributed by atoms with Gasteiger partial charge in [0.15, 0.2) is 0 Å². The highest BCUT2D eigenvalue weighted by atomic mass is 35.5. The summed E-state index contributed by atoms with van der Waals surface area (Å²) >= 11 is 7.97. The summed E-state index contributed by atoms with van der Waals surface area (Å²) < 4.78 is 6.61. The summed E-state index contributed by atoms with van der Waals surface area (Å²) in [5.74, 6) is 0.616. The van der Waals surface area contributed by atoms with E-state index in [1.165, 1.54) is 11.3 Å². The van der Waals surface area contributed by atoms with Crippen LogP contribution in [-0.4, -0.2) is 19.1 Å². The molecule has 5 heteroatoms. The Kier molecular flexibility index (Phi) is 4.78. The van der Waals surface area contributed by atoms with E-state index in [9.17, 15) is 4.79 Å². The maximum absolute atomic E-state index is 12.5. The van der Waals surface area contributed by atoms with Crippen molar-refractivity contribution < 1.29 is 9.53 Å². The maximum atomic E-state index is 12.5. The van der Waals surface area contributed by atoms with E-state index in [0.29, 0.717) is 23.1 Å². The fourth-order valence-corrected chi connectivity index (χ4v) is 4.40. The lowest BCUT2D eigenvalue weighted by molar-refractivity contribution is 0.0951. The number of carbonyl (C=O) groups is 1. The van der Waals surface area contributed by atoms with Crippen LogP contribution < -0.4 is 10.1 Å². The molecule has 0 aliphatic rings. The maximum Gasteiger partial charge on any atom is 0.263 e. The van der Waals surface area contributed by atoms with Crippen LogP contribution in [-0.2, 0) is 0 Å². The first-order valence-corrected chi connectivity index (χ1v) is 9.49. The van der Waals surface area contributed by atoms with E-state index < -0.39 is 0 Å². The van der Waals surface area contributed by atoms with Crippen LogP contribution in [0.4, 0.5) is 0 Å². The first-order valence-electron chi connectivity index (χ1n) is 8.30. The quantitative estimate of drug-likeness (QED) is 0.462. The largest absolute Gasteiger partial charge is 0.492 e. The highest BCUT2D eigenvalue weighted by Crippen LogP contribution is 2.39. The monoisotopic (exact) mass is 381 g/mol. The molecule has 130 valence electrons. The molecule has 0 aliphatic heterocycles. The minimum absolute atomic E-state index is 0.169. The van der Waals surface area contributed by atoms with E-state index in [2.05, 4.69) is 11.4 Å². The Bertz CT molecular complexity index is 1080. The van der Waals surface area contributed by atoms with E-state index in [0.717, 1.165) is 26.6 Å². The minimum atomic E-state index is -0.169. The molecule has 1 N–H and O–H groups in total. The molecule has 0 unspecified atom stereocenters. The first-order chi connectivity index (χ1) is 12.7. The van der Waals surface area contributed by atoms with Crippen LogP contribution in [0.15, 0.2) is 66.7 Å². The summed E-state index contributed by atoms with van der Waals surface area (Å²) in [7, 11) is 0. The number of hydrogen-bond donors (Lipinski definition) is 1. The van der Waals surface area contributed by atoms with E-state index in [-0.39, 0.29) is 5.91 Å². The first kappa shape index (κ1) is 16.9. The second kappa shape index (κ2) is 7.36. The molecule has 3 aromatic carbocycles. The predicted octanol–water partition coefficient (Wildman–Crippen LogP) is 5.52. The third-order valence-electron chi connectivity index (χ3n) is 4.13. The standard InChI is InChI=1S/C21H16ClNO2S/c22-19-18-16-9-5-4-6-14(16)10-11-17(18)26-20(19)21(24)23-12-13-25-15-7-2-1-3-8-15/h1-11H,12-13H2,(H,23,24). The van der Waals surface area contributed by atoms with E-state index in [1.807, 2.05) is 60.7 Å². The molecular formula is C21H16ClNO2S. The normalized spacial score (nSPS) is 11.0. The van der Waals surface area contributed by atoms with Crippen LogP contribution in [0.3, 0.4) is 0 Å². The lowest BCUT2D eigenvalue weighted by atomic mass is 10.1. The van der Waals surface area contributed by atoms with Gasteiger partial charge >= 0.3 is 0 Å². The number of benzene rings is 3. The number of para-hydroxylation sites is 1. The second-order valence-electron chi connectivity index (χ2n) is 5.82. The van der Waals surface area contributed by atoms with E-state index in [1.54, 1.807) is 0 Å². The van der Waals surface area contributed by atoms with E-state index >= 15 is 0 Å². The molecule has 0 radical (unpaired) electrons. The van der Waals surface area contributed by atoms with Gasteiger partial charge < -0.3 is 10.1 Å². The van der Waals surface area contributed by atoms with Gasteiger partial charge in [-0.2, -0.15) is 0 Å². The highest BCUT2D eigenvalue weighted by Gasteiger charge is 2.18. The van der Waals surface area contributed by atoms with Crippen LogP contribution in [0.5, 0.6) is 5.75 Å². The van der Waals surface area contributed by atoms with Crippen molar-refractivity contribution in [1.82, 2.24) is 5.32 Å². The number of ether oxygens (including phenoxy) is 1. The van der Waals surface area contributed by atoms with Crippen LogP contribution in [0.2, 0.25) is 5.02 Å². The Hall–Kier alpha value is -2.56. The number of thiophene rings is 1. The van der Waals surface area contributed by atoms with Crippen molar-refractivity contribution in [3.63, 3.8) is 0 Å². The molecule has 0 saturated carbocycles. The minimum Gasteiger partial charge on any atom is -0.492 e. The van der Waals surface area contributed by atoms with Gasteiger partial charge in [0.2, 0.25) is 0 Å². The van der Waals surface area contributed by atoms with Gasteiger partial charge in [-0.15, -0.1) is 11.3 Å². The molecule has 1 heterocycles. The summed E-state index contributed by atoms with van der Waals surface area (Å²) in [6, 6.07) is 21.7. The zero-order chi connectivity index (χ0) is 17.9. The molecule has 0 saturated heterocycles. The van der Waals surface area contributed by atoms with Crippen molar-refractivity contribution in [1.29, 1.82) is 0 Å². The summed E-state index contributed by atoms with van der Waals surface area (Å²) in [5.41, 5.74) is 0. The second-order valence-corrected chi connectivity index (χ2v) is 7.25. The molecule has 0 bridgehead atoms. The molecule has 26 heavy (non-hydrogen) atoms. The lowest BCUT2D eigenvalue weighted by Gasteiger charge is -2.07. The number of fused-ring (bicyclic) bond motifs is 3. The number of carbonyl (C=O) groups excluding carboxylic acids is 1. The van der Waals surface area contributed by atoms with Crippen molar-refractivity contribution in [2.45, 2.75) is 0 Å². The zero-order valence-electron chi connectivity index (χ0n) is 13.9. The molecule has 1 aromatic heterocycles. The average molecular weight is 382 g/mol. The zero-order valence-corrected chi connectivity index (χ0v) is 15.4. The lowest BCUT2D eigenvalue weighted by Crippen LogP contribution is -2.27. The molecular weight excluding hydrogens is 366 g/mol. The molecule has 0 fully saturated rings. The smallest absolute Gasteiger partial charge is 0.263 e. The highest BCUT2D eigenvalue weighted by molar-refractivity contribution is 7.21. The van der Waals surface area contributed by atoms with Crippen LogP contribution in [0.25, 0.3) is 20.9 Å². The number of hydrogen-bond acceptors (Lipinski definition) is 3. The SMILES string of the molecule is O=C(NCCOc1ccccc1)c1sc2ccc3ccccc3c2c1Cl. The Morgan fingerprint density at radius 3 is 2.62 bits per heavy atom. The number of amides is 1. The van der Waals surface area contributed by atoms with Gasteiger partial charge in [-0.25, -0.2) is 0 Å². The van der Waals surface area contributed by atoms with Crippen molar-refractivity contribution in [3.8, 4) is 5.75 Å². The van der Waals surface area contributed by atoms with Gasteiger partial charge in [0, 0.05) is 10.1 Å². The van der Waals surface area contributed by atoms with Crippen LogP contribution in [0, 0.1) is 0 Å². The summed E-state index contributed by atoms with van der Waals surface area (Å²) in [5, 5.41) is 6.52. The van der Waals surface area contributed by atoms with Crippen molar-refractivity contribution in [3.05, 3.63) is 76.6 Å². The van der Waals surface area contributed by atoms with Crippen LogP contribution >= 0.6 is 22.9 Å². The molecule has 0 spiro atoms. The van der Waals surface area contributed by atoms with Gasteiger partial charge in [0.05, 0.1) is 11.6 Å². The molecule has 0 aliphatic carbocycles. The molecule has 0 atom stereocenters. The van der Waals surface area contributed by atoms with Gasteiger partial charge in [-0.05, 0) is 29.0 Å². The Morgan fingerprint density at radius 2 is 1.77 bits per heavy atom. The van der Waals surface area contributed by atoms with Crippen molar-refractivity contribution in [2.75, 3.05) is 13.2 Å². The van der Waals surface area contributed by atoms with Crippen molar-refractivity contribution >= 4 is 49.7 Å². The number of rotatable bonds is 5. The molecule has 3 nitrogen and oxygen atoms in total. The summed E-state index contributed by atoms with van der Waals surface area (Å²) in [6.07, 6.45) is 0. The molecule has 4 rings (SSSR count). The Balaban J connectivity index is 1.50. The predicted molar refractivity (Wildman–Crippen MR) is 109 cm³/mol. The molecule has 1 amide bonds.